The van der Waals surface area contributed by atoms with Crippen molar-refractivity contribution in [2.24, 2.45) is 4.99 Å². The van der Waals surface area contributed by atoms with Gasteiger partial charge in [0.25, 0.3) is 5.91 Å². The average molecular weight is 226 g/mol. The number of nitrogens with one attached hydrogen (secondary N) is 1. The fraction of sp³-hybridized carbons (Fsp3) is 0.300. The number of hydrogen-bond acceptors (Lipinski definition) is 3. The summed E-state index contributed by atoms with van der Waals surface area (Å²) in [6, 6.07) is 0. The lowest BCUT2D eigenvalue weighted by molar-refractivity contribution is -0.118. The second-order valence-electron chi connectivity index (χ2n) is 2.55. The lowest BCUT2D eigenvalue weighted by Crippen LogP contribution is -2.28. The Morgan fingerprint density at radius 3 is 2.40 bits per heavy atom. The molecule has 5 heteroatoms. The Kier molecular flexibility index (Phi) is 7.27. The number of aliphatic imine (C=N–C) groups is 1. The topological polar surface area (TPSA) is 58.5 Å². The molecule has 4 nitrogen and oxygen atoms in total. The maximum atomic E-state index is 11.1. The number of amidine groups is 1. The van der Waals surface area contributed by atoms with Crippen molar-refractivity contribution in [1.29, 1.82) is 0 Å². The lowest BCUT2D eigenvalue weighted by Gasteiger charge is -2.03. The van der Waals surface area contributed by atoms with E-state index in [1.807, 2.05) is 0 Å². The molecule has 0 bridgehead atoms. The third-order valence-electron chi connectivity index (χ3n) is 1.31. The molecule has 0 aliphatic rings. The summed E-state index contributed by atoms with van der Waals surface area (Å²) in [5, 5.41) is 2.80. The minimum absolute atomic E-state index is 0.168. The van der Waals surface area contributed by atoms with Crippen molar-refractivity contribution >= 4 is 28.7 Å². The first-order chi connectivity index (χ1) is 7.13. The molecule has 0 fully saturated rings. The number of thioether (sulfide) groups is 1. The summed E-state index contributed by atoms with van der Waals surface area (Å²) in [4.78, 5) is 26.0. The SMILES string of the molecule is C=CCC(=O)N=C(NC(=O)CC=C)SC. The average Bonchev–Trinajstić information content (AvgIpc) is 2.17. The molecule has 2 amide bonds. The van der Waals surface area contributed by atoms with Crippen LogP contribution in [0, 0.1) is 0 Å². The number of nitrogens with zero attached hydrogens (tertiary/aromatic N) is 1. The van der Waals surface area contributed by atoms with Crippen LogP contribution in [0.5, 0.6) is 0 Å². The van der Waals surface area contributed by atoms with Crippen LogP contribution in [-0.4, -0.2) is 23.2 Å². The van der Waals surface area contributed by atoms with Crippen molar-refractivity contribution in [1.82, 2.24) is 5.32 Å². The smallest absolute Gasteiger partial charge is 0.251 e. The highest BCUT2D eigenvalue weighted by atomic mass is 32.2. The van der Waals surface area contributed by atoms with E-state index in [1.165, 1.54) is 23.9 Å². The molecule has 15 heavy (non-hydrogen) atoms. The molecule has 0 saturated heterocycles. The number of amides is 2. The van der Waals surface area contributed by atoms with Crippen LogP contribution in [0.4, 0.5) is 0 Å². The fourth-order valence-corrected chi connectivity index (χ4v) is 1.12. The van der Waals surface area contributed by atoms with E-state index in [9.17, 15) is 9.59 Å². The van der Waals surface area contributed by atoms with E-state index in [1.54, 1.807) is 6.26 Å². The number of hydrogen-bond donors (Lipinski definition) is 1. The first-order valence-corrected chi connectivity index (χ1v) is 5.53. The fourth-order valence-electron chi connectivity index (χ4n) is 0.708. The molecule has 0 aliphatic heterocycles. The third-order valence-corrected chi connectivity index (χ3v) is 1.89. The van der Waals surface area contributed by atoms with Gasteiger partial charge in [-0.2, -0.15) is 4.99 Å². The van der Waals surface area contributed by atoms with Crippen LogP contribution in [0.15, 0.2) is 30.3 Å². The predicted octanol–water partition coefficient (Wildman–Crippen LogP) is 1.50. The van der Waals surface area contributed by atoms with Crippen LogP contribution in [-0.2, 0) is 9.59 Å². The Labute approximate surface area is 93.5 Å². The molecule has 0 saturated carbocycles. The number of rotatable bonds is 4. The van der Waals surface area contributed by atoms with Crippen LogP contribution >= 0.6 is 11.8 Å². The third kappa shape index (κ3) is 6.68. The van der Waals surface area contributed by atoms with Gasteiger partial charge in [-0.15, -0.1) is 13.2 Å². The Balaban J connectivity index is 4.34. The van der Waals surface area contributed by atoms with Gasteiger partial charge in [-0.05, 0) is 6.26 Å². The highest BCUT2D eigenvalue weighted by molar-refractivity contribution is 8.13. The lowest BCUT2D eigenvalue weighted by atomic mass is 10.4. The van der Waals surface area contributed by atoms with Gasteiger partial charge in [0.15, 0.2) is 5.17 Å². The summed E-state index contributed by atoms with van der Waals surface area (Å²) >= 11 is 1.21. The van der Waals surface area contributed by atoms with E-state index in [0.717, 1.165) is 0 Å². The zero-order valence-corrected chi connectivity index (χ0v) is 9.47. The second-order valence-corrected chi connectivity index (χ2v) is 3.34. The van der Waals surface area contributed by atoms with Crippen molar-refractivity contribution in [3.05, 3.63) is 25.3 Å². The summed E-state index contributed by atoms with van der Waals surface area (Å²) in [6.07, 6.45) is 5.05. The Bertz CT molecular complexity index is 298. The molecular weight excluding hydrogens is 212 g/mol. The molecule has 0 unspecified atom stereocenters. The van der Waals surface area contributed by atoms with Crippen molar-refractivity contribution < 1.29 is 9.59 Å². The van der Waals surface area contributed by atoms with Crippen LogP contribution in [0.1, 0.15) is 12.8 Å². The van der Waals surface area contributed by atoms with Crippen LogP contribution in [0.25, 0.3) is 0 Å². The zero-order valence-electron chi connectivity index (χ0n) is 8.66. The van der Waals surface area contributed by atoms with Gasteiger partial charge in [-0.25, -0.2) is 0 Å². The monoisotopic (exact) mass is 226 g/mol. The summed E-state index contributed by atoms with van der Waals surface area (Å²) in [6.45, 7) is 6.86. The van der Waals surface area contributed by atoms with E-state index in [0.29, 0.717) is 5.17 Å². The molecule has 0 aromatic heterocycles. The molecule has 0 heterocycles. The summed E-state index contributed by atoms with van der Waals surface area (Å²) < 4.78 is 0. The van der Waals surface area contributed by atoms with Gasteiger partial charge in [0, 0.05) is 12.8 Å². The second kappa shape index (κ2) is 7.99. The standard InChI is InChI=1S/C10H14N2O2S/c1-4-6-8(13)11-10(15-3)12-9(14)7-5-2/h4-5H,1-2,6-7H2,3H3,(H,11,12,13,14). The van der Waals surface area contributed by atoms with Gasteiger partial charge >= 0.3 is 0 Å². The molecule has 0 aromatic rings. The first-order valence-electron chi connectivity index (χ1n) is 4.31. The van der Waals surface area contributed by atoms with Gasteiger partial charge < -0.3 is 5.32 Å². The van der Waals surface area contributed by atoms with Gasteiger partial charge in [0.1, 0.15) is 0 Å². The van der Waals surface area contributed by atoms with Crippen molar-refractivity contribution in [3.8, 4) is 0 Å². The van der Waals surface area contributed by atoms with E-state index in [2.05, 4.69) is 23.5 Å². The molecule has 0 atom stereocenters. The summed E-state index contributed by atoms with van der Waals surface area (Å²) in [5.41, 5.74) is 0. The highest BCUT2D eigenvalue weighted by Gasteiger charge is 2.05. The molecule has 82 valence electrons. The van der Waals surface area contributed by atoms with E-state index >= 15 is 0 Å². The quantitative estimate of drug-likeness (QED) is 0.449. The molecular formula is C10H14N2O2S. The van der Waals surface area contributed by atoms with E-state index in [4.69, 9.17) is 0 Å². The first kappa shape index (κ1) is 13.6. The van der Waals surface area contributed by atoms with Crippen LogP contribution < -0.4 is 5.32 Å². The Morgan fingerprint density at radius 2 is 1.93 bits per heavy atom. The molecule has 0 spiro atoms. The Morgan fingerprint density at radius 1 is 1.33 bits per heavy atom. The Hall–Kier alpha value is -1.36. The van der Waals surface area contributed by atoms with Gasteiger partial charge in [-0.1, -0.05) is 23.9 Å². The largest absolute Gasteiger partial charge is 0.305 e. The molecule has 0 radical (unpaired) electrons. The molecule has 0 aliphatic carbocycles. The minimum atomic E-state index is -0.326. The van der Waals surface area contributed by atoms with Gasteiger partial charge in [-0.3, -0.25) is 9.59 Å². The number of carbonyl (C=O) groups excluding carboxylic acids is 2. The van der Waals surface area contributed by atoms with Gasteiger partial charge in [0.05, 0.1) is 0 Å². The minimum Gasteiger partial charge on any atom is -0.305 e. The van der Waals surface area contributed by atoms with Crippen LogP contribution in [0.3, 0.4) is 0 Å². The number of carbonyl (C=O) groups is 2. The predicted molar refractivity (Wildman–Crippen MR) is 63.7 cm³/mol. The summed E-state index contributed by atoms with van der Waals surface area (Å²) in [5.74, 6) is -0.558. The normalized spacial score (nSPS) is 10.6. The van der Waals surface area contributed by atoms with E-state index in [-0.39, 0.29) is 24.7 Å². The summed E-state index contributed by atoms with van der Waals surface area (Å²) in [7, 11) is 0. The molecule has 1 N–H and O–H groups in total. The van der Waals surface area contributed by atoms with Crippen molar-refractivity contribution in [3.63, 3.8) is 0 Å². The zero-order chi connectivity index (χ0) is 11.7. The van der Waals surface area contributed by atoms with E-state index < -0.39 is 0 Å². The molecule has 0 rings (SSSR count). The molecule has 0 aromatic carbocycles. The van der Waals surface area contributed by atoms with Crippen LogP contribution in [0.2, 0.25) is 0 Å². The van der Waals surface area contributed by atoms with Crippen molar-refractivity contribution in [2.75, 3.05) is 6.26 Å². The highest BCUT2D eigenvalue weighted by Crippen LogP contribution is 1.98. The van der Waals surface area contributed by atoms with Gasteiger partial charge in [0.2, 0.25) is 5.91 Å². The maximum absolute atomic E-state index is 11.1. The van der Waals surface area contributed by atoms with Crippen molar-refractivity contribution in [2.45, 2.75) is 12.8 Å². The maximum Gasteiger partial charge on any atom is 0.251 e.